The summed E-state index contributed by atoms with van der Waals surface area (Å²) in [5, 5.41) is 3.34. The Morgan fingerprint density at radius 3 is 2.39 bits per heavy atom. The van der Waals surface area contributed by atoms with Crippen molar-refractivity contribution in [1.82, 2.24) is 5.32 Å². The third-order valence-electron chi connectivity index (χ3n) is 2.26. The van der Waals surface area contributed by atoms with E-state index in [-0.39, 0.29) is 0 Å². The molecule has 0 unspecified atom stereocenters. The van der Waals surface area contributed by atoms with Gasteiger partial charge in [-0.2, -0.15) is 0 Å². The number of hydrogen-bond donors (Lipinski definition) is 1. The molecule has 1 aromatic carbocycles. The summed E-state index contributed by atoms with van der Waals surface area (Å²) in [5.41, 5.74) is 1.14. The van der Waals surface area contributed by atoms with Crippen LogP contribution in [0.3, 0.4) is 0 Å². The SMILES string of the molecule is CCOc1c(Br)cc(C=CCNC(C)C)cc1Br. The topological polar surface area (TPSA) is 21.3 Å². The molecule has 1 rings (SSSR count). The van der Waals surface area contributed by atoms with E-state index in [1.807, 2.05) is 6.92 Å². The fourth-order valence-corrected chi connectivity index (χ4v) is 2.91. The van der Waals surface area contributed by atoms with E-state index in [0.29, 0.717) is 12.6 Å². The maximum Gasteiger partial charge on any atom is 0.147 e. The molecule has 0 aliphatic carbocycles. The number of nitrogens with one attached hydrogen (secondary N) is 1. The highest BCUT2D eigenvalue weighted by Gasteiger charge is 2.07. The predicted octanol–water partition coefficient (Wildman–Crippen LogP) is 4.62. The zero-order valence-corrected chi connectivity index (χ0v) is 14.1. The lowest BCUT2D eigenvalue weighted by Gasteiger charge is -2.09. The van der Waals surface area contributed by atoms with Gasteiger partial charge in [-0.1, -0.05) is 26.0 Å². The molecule has 0 aromatic heterocycles. The molecule has 2 nitrogen and oxygen atoms in total. The van der Waals surface area contributed by atoms with Crippen molar-refractivity contribution >= 4 is 37.9 Å². The van der Waals surface area contributed by atoms with Crippen LogP contribution in [-0.4, -0.2) is 19.2 Å². The molecule has 0 spiro atoms. The van der Waals surface area contributed by atoms with E-state index in [9.17, 15) is 0 Å². The molecule has 0 saturated carbocycles. The van der Waals surface area contributed by atoms with Gasteiger partial charge >= 0.3 is 0 Å². The number of hydrogen-bond acceptors (Lipinski definition) is 2. The molecule has 1 N–H and O–H groups in total. The van der Waals surface area contributed by atoms with E-state index < -0.39 is 0 Å². The third-order valence-corrected chi connectivity index (χ3v) is 3.44. The van der Waals surface area contributed by atoms with Gasteiger partial charge in [0.05, 0.1) is 15.6 Å². The Bertz CT molecular complexity index is 393. The Labute approximate surface area is 126 Å². The highest BCUT2D eigenvalue weighted by Crippen LogP contribution is 2.35. The van der Waals surface area contributed by atoms with Crippen molar-refractivity contribution in [2.45, 2.75) is 26.8 Å². The Morgan fingerprint density at radius 2 is 1.89 bits per heavy atom. The van der Waals surface area contributed by atoms with E-state index in [0.717, 1.165) is 26.8 Å². The van der Waals surface area contributed by atoms with Gasteiger partial charge in [-0.3, -0.25) is 0 Å². The van der Waals surface area contributed by atoms with Crippen molar-refractivity contribution in [3.63, 3.8) is 0 Å². The highest BCUT2D eigenvalue weighted by molar-refractivity contribution is 9.11. The molecule has 0 bridgehead atoms. The standard InChI is InChI=1S/C14H19Br2NO/c1-4-18-14-12(15)8-11(9-13(14)16)6-5-7-17-10(2)3/h5-6,8-10,17H,4,7H2,1-3H3. The van der Waals surface area contributed by atoms with Gasteiger partial charge in [0, 0.05) is 12.6 Å². The first-order valence-corrected chi connectivity index (χ1v) is 7.65. The lowest BCUT2D eigenvalue weighted by atomic mass is 10.2. The van der Waals surface area contributed by atoms with E-state index in [2.05, 4.69) is 75.3 Å². The van der Waals surface area contributed by atoms with Gasteiger partial charge in [-0.15, -0.1) is 0 Å². The molecule has 0 radical (unpaired) electrons. The van der Waals surface area contributed by atoms with E-state index >= 15 is 0 Å². The second-order valence-electron chi connectivity index (χ2n) is 4.21. The van der Waals surface area contributed by atoms with E-state index in [1.165, 1.54) is 0 Å². The zero-order valence-electron chi connectivity index (χ0n) is 11.0. The van der Waals surface area contributed by atoms with Crippen LogP contribution >= 0.6 is 31.9 Å². The Kier molecular flexibility index (Phi) is 6.97. The average molecular weight is 377 g/mol. The van der Waals surface area contributed by atoms with Gasteiger partial charge < -0.3 is 10.1 Å². The monoisotopic (exact) mass is 375 g/mol. The Morgan fingerprint density at radius 1 is 1.28 bits per heavy atom. The maximum atomic E-state index is 5.55. The maximum absolute atomic E-state index is 5.55. The molecule has 0 heterocycles. The first-order chi connectivity index (χ1) is 8.54. The molecule has 100 valence electrons. The number of rotatable bonds is 6. The molecule has 0 aliphatic heterocycles. The van der Waals surface area contributed by atoms with Gasteiger partial charge in [0.1, 0.15) is 5.75 Å². The van der Waals surface area contributed by atoms with Gasteiger partial charge in [-0.05, 0) is 56.5 Å². The molecule has 18 heavy (non-hydrogen) atoms. The minimum atomic E-state index is 0.508. The van der Waals surface area contributed by atoms with E-state index in [1.54, 1.807) is 0 Å². The van der Waals surface area contributed by atoms with Crippen LogP contribution in [0.4, 0.5) is 0 Å². The van der Waals surface area contributed by atoms with Crippen LogP contribution in [0.25, 0.3) is 6.08 Å². The summed E-state index contributed by atoms with van der Waals surface area (Å²) < 4.78 is 7.48. The van der Waals surface area contributed by atoms with Crippen LogP contribution < -0.4 is 10.1 Å². The van der Waals surface area contributed by atoms with Crippen LogP contribution in [0.15, 0.2) is 27.2 Å². The summed E-state index contributed by atoms with van der Waals surface area (Å²) in [7, 11) is 0. The summed E-state index contributed by atoms with van der Waals surface area (Å²) in [6, 6.07) is 4.62. The normalized spacial score (nSPS) is 11.4. The fourth-order valence-electron chi connectivity index (χ4n) is 1.46. The van der Waals surface area contributed by atoms with Gasteiger partial charge in [-0.25, -0.2) is 0 Å². The molecular formula is C14H19Br2NO. The number of benzene rings is 1. The Balaban J connectivity index is 2.73. The van der Waals surface area contributed by atoms with Crippen LogP contribution in [0.5, 0.6) is 5.75 Å². The summed E-state index contributed by atoms with van der Waals surface area (Å²) in [5.74, 6) is 0.856. The van der Waals surface area contributed by atoms with Crippen LogP contribution in [-0.2, 0) is 0 Å². The second-order valence-corrected chi connectivity index (χ2v) is 5.92. The zero-order chi connectivity index (χ0) is 13.5. The summed E-state index contributed by atoms with van der Waals surface area (Å²) >= 11 is 7.05. The minimum Gasteiger partial charge on any atom is -0.492 e. The second kappa shape index (κ2) is 7.97. The summed E-state index contributed by atoms with van der Waals surface area (Å²) in [4.78, 5) is 0. The predicted molar refractivity (Wildman–Crippen MR) is 85.2 cm³/mol. The first-order valence-electron chi connectivity index (χ1n) is 6.06. The van der Waals surface area contributed by atoms with Crippen LogP contribution in [0, 0.1) is 0 Å². The van der Waals surface area contributed by atoms with Crippen molar-refractivity contribution in [2.75, 3.05) is 13.2 Å². The molecule has 0 amide bonds. The van der Waals surface area contributed by atoms with Crippen molar-refractivity contribution in [3.8, 4) is 5.75 Å². The smallest absolute Gasteiger partial charge is 0.147 e. The molecular weight excluding hydrogens is 358 g/mol. The summed E-state index contributed by atoms with van der Waals surface area (Å²) in [6.45, 7) is 7.78. The first kappa shape index (κ1) is 15.7. The lowest BCUT2D eigenvalue weighted by molar-refractivity contribution is 0.336. The lowest BCUT2D eigenvalue weighted by Crippen LogP contribution is -2.22. The average Bonchev–Trinajstić information content (AvgIpc) is 2.29. The fraction of sp³-hybridized carbons (Fsp3) is 0.429. The van der Waals surface area contributed by atoms with Crippen molar-refractivity contribution in [2.24, 2.45) is 0 Å². The molecule has 0 fully saturated rings. The van der Waals surface area contributed by atoms with Crippen molar-refractivity contribution in [3.05, 3.63) is 32.7 Å². The van der Waals surface area contributed by atoms with Crippen molar-refractivity contribution < 1.29 is 4.74 Å². The van der Waals surface area contributed by atoms with E-state index in [4.69, 9.17) is 4.74 Å². The van der Waals surface area contributed by atoms with Crippen LogP contribution in [0.2, 0.25) is 0 Å². The molecule has 0 atom stereocenters. The largest absolute Gasteiger partial charge is 0.492 e. The van der Waals surface area contributed by atoms with Crippen molar-refractivity contribution in [1.29, 1.82) is 0 Å². The Hall–Kier alpha value is -0.320. The number of ether oxygens (including phenoxy) is 1. The van der Waals surface area contributed by atoms with Crippen LogP contribution in [0.1, 0.15) is 26.3 Å². The third kappa shape index (κ3) is 5.12. The highest BCUT2D eigenvalue weighted by atomic mass is 79.9. The minimum absolute atomic E-state index is 0.508. The quantitative estimate of drug-likeness (QED) is 0.781. The van der Waals surface area contributed by atoms with Gasteiger partial charge in [0.15, 0.2) is 0 Å². The summed E-state index contributed by atoms with van der Waals surface area (Å²) in [6.07, 6.45) is 4.22. The molecule has 0 saturated heterocycles. The van der Waals surface area contributed by atoms with Gasteiger partial charge in [0.2, 0.25) is 0 Å². The molecule has 4 heteroatoms. The number of halogens is 2. The van der Waals surface area contributed by atoms with Gasteiger partial charge in [0.25, 0.3) is 0 Å². The molecule has 1 aromatic rings. The molecule has 0 aliphatic rings.